The van der Waals surface area contributed by atoms with E-state index in [9.17, 15) is 13.6 Å². The van der Waals surface area contributed by atoms with Gasteiger partial charge in [-0.2, -0.15) is 14.4 Å². The predicted octanol–water partition coefficient (Wildman–Crippen LogP) is 5.68. The molecule has 12 heteroatoms. The quantitative estimate of drug-likeness (QED) is 0.199. The van der Waals surface area contributed by atoms with Crippen LogP contribution >= 0.6 is 11.3 Å². The summed E-state index contributed by atoms with van der Waals surface area (Å²) in [7, 11) is 2.03. The third-order valence-electron chi connectivity index (χ3n) is 8.22. The van der Waals surface area contributed by atoms with Crippen molar-refractivity contribution >= 4 is 44.1 Å². The van der Waals surface area contributed by atoms with Gasteiger partial charge < -0.3 is 24.3 Å². The zero-order chi connectivity index (χ0) is 30.2. The Morgan fingerprint density at radius 3 is 2.74 bits per heavy atom. The van der Waals surface area contributed by atoms with Crippen molar-refractivity contribution in [1.29, 1.82) is 0 Å². The monoisotopic (exact) mass is 606 g/mol. The van der Waals surface area contributed by atoms with Gasteiger partial charge >= 0.3 is 6.01 Å². The number of thiophene rings is 1. The molecule has 0 radical (unpaired) electrons. The molecule has 0 unspecified atom stereocenters. The molecule has 8 nitrogen and oxygen atoms in total. The summed E-state index contributed by atoms with van der Waals surface area (Å²) in [4.78, 5) is 30.5. The number of aromatic nitrogens is 2. The van der Waals surface area contributed by atoms with E-state index in [2.05, 4.69) is 21.3 Å². The zero-order valence-corrected chi connectivity index (χ0v) is 24.3. The predicted molar refractivity (Wildman–Crippen MR) is 161 cm³/mol. The van der Waals surface area contributed by atoms with Gasteiger partial charge in [-0.05, 0) is 44.0 Å². The first-order valence-electron chi connectivity index (χ1n) is 14.0. The molecule has 0 saturated carbocycles. The molecule has 0 aliphatic carbocycles. The Kier molecular flexibility index (Phi) is 7.94. The number of piperazine rings is 1. The molecule has 2 fully saturated rings. The van der Waals surface area contributed by atoms with Crippen LogP contribution in [0.3, 0.4) is 0 Å². The van der Waals surface area contributed by atoms with Gasteiger partial charge in [0.1, 0.15) is 24.0 Å². The minimum Gasteiger partial charge on any atom is -0.462 e. The summed E-state index contributed by atoms with van der Waals surface area (Å²) in [5, 5.41) is 0.748. The van der Waals surface area contributed by atoms with Gasteiger partial charge in [0.05, 0.1) is 0 Å². The van der Waals surface area contributed by atoms with Crippen LogP contribution in [0, 0.1) is 17.5 Å². The van der Waals surface area contributed by atoms with E-state index in [0.29, 0.717) is 33.5 Å². The highest BCUT2D eigenvalue weighted by Gasteiger charge is 2.35. The van der Waals surface area contributed by atoms with E-state index in [1.807, 2.05) is 11.9 Å². The molecule has 0 N–H and O–H groups in total. The van der Waals surface area contributed by atoms with Crippen LogP contribution in [-0.4, -0.2) is 84.1 Å². The molecule has 2 saturated heterocycles. The molecular formula is C31H29F3N6O2S. The Balaban J connectivity index is 1.43. The van der Waals surface area contributed by atoms with Crippen LogP contribution in [-0.2, 0) is 4.79 Å². The summed E-state index contributed by atoms with van der Waals surface area (Å²) in [5.74, 6) is -2.13. The lowest BCUT2D eigenvalue weighted by atomic mass is 10.0. The van der Waals surface area contributed by atoms with Gasteiger partial charge in [0.15, 0.2) is 16.8 Å². The first kappa shape index (κ1) is 28.9. The molecule has 2 aromatic carbocycles. The average Bonchev–Trinajstić information content (AvgIpc) is 3.59. The highest BCUT2D eigenvalue weighted by atomic mass is 32.1. The van der Waals surface area contributed by atoms with E-state index in [4.69, 9.17) is 16.3 Å². The maximum Gasteiger partial charge on any atom is 0.319 e. The molecule has 43 heavy (non-hydrogen) atoms. The Labute approximate surface area is 250 Å². The maximum absolute atomic E-state index is 16.5. The Morgan fingerprint density at radius 1 is 1.16 bits per heavy atom. The van der Waals surface area contributed by atoms with E-state index in [0.717, 1.165) is 30.7 Å². The summed E-state index contributed by atoms with van der Waals surface area (Å²) in [6, 6.07) is 9.65. The van der Waals surface area contributed by atoms with Crippen molar-refractivity contribution < 1.29 is 22.7 Å². The third-order valence-corrected chi connectivity index (χ3v) is 9.20. The van der Waals surface area contributed by atoms with Gasteiger partial charge in [-0.15, -0.1) is 11.3 Å². The molecule has 4 aromatic rings. The fourth-order valence-corrected chi connectivity index (χ4v) is 6.89. The molecule has 222 valence electrons. The van der Waals surface area contributed by atoms with Crippen molar-refractivity contribution in [3.8, 4) is 17.1 Å². The maximum atomic E-state index is 16.5. The molecule has 1 amide bonds. The highest BCUT2D eigenvalue weighted by molar-refractivity contribution is 7.18. The largest absolute Gasteiger partial charge is 0.462 e. The summed E-state index contributed by atoms with van der Waals surface area (Å²) in [6.45, 7) is 12.3. The number of carbonyl (C=O) groups is 1. The molecule has 2 aromatic heterocycles. The van der Waals surface area contributed by atoms with Gasteiger partial charge in [0.2, 0.25) is 6.54 Å². The number of likely N-dealkylation sites (N-methyl/N-ethyl adjacent to an activating group) is 1. The van der Waals surface area contributed by atoms with Crippen molar-refractivity contribution in [3.05, 3.63) is 71.2 Å². The standard InChI is InChI=1S/C31H29F3N6O2S/c1-18(32)30(41)40-13-12-39(16-21(40)15-35-2)29-24-10-9-22(23-8-4-6-19-14-25(33)43-28(19)23)26(34)27(24)36-31(37-29)42-17-20-7-5-11-38(20)3/h4,6,8-10,14,20-21H,1,5,7,11-13,15-17H2,3H3/t20-,21-/m0/s1. The van der Waals surface area contributed by atoms with Crippen LogP contribution in [0.5, 0.6) is 6.01 Å². The summed E-state index contributed by atoms with van der Waals surface area (Å²) >= 11 is 0.955. The SMILES string of the molecule is [C-]#[N+]C[C@H]1CN(c2nc(OC[C@@H]3CCCN3C)nc3c(F)c(-c4cccc5cc(F)sc45)ccc23)CCN1C(=O)C(=C)F. The number of hydrogen-bond acceptors (Lipinski definition) is 7. The van der Waals surface area contributed by atoms with Crippen molar-refractivity contribution in [2.24, 2.45) is 0 Å². The highest BCUT2D eigenvalue weighted by Crippen LogP contribution is 2.39. The van der Waals surface area contributed by atoms with Crippen LogP contribution in [0.4, 0.5) is 19.0 Å². The minimum absolute atomic E-state index is 0.0107. The number of amides is 1. The fraction of sp³-hybridized carbons (Fsp3) is 0.355. The van der Waals surface area contributed by atoms with Crippen LogP contribution in [0.25, 0.3) is 37.0 Å². The number of carbonyl (C=O) groups excluding carboxylic acids is 1. The molecule has 2 aliphatic rings. The molecule has 0 spiro atoms. The van der Waals surface area contributed by atoms with E-state index in [1.54, 1.807) is 30.3 Å². The summed E-state index contributed by atoms with van der Waals surface area (Å²) in [5.41, 5.74) is 0.870. The second-order valence-electron chi connectivity index (χ2n) is 10.9. The number of benzene rings is 2. The number of nitrogens with zero attached hydrogens (tertiary/aromatic N) is 6. The van der Waals surface area contributed by atoms with Crippen molar-refractivity contribution in [2.75, 3.05) is 51.3 Å². The second kappa shape index (κ2) is 11.8. The third kappa shape index (κ3) is 5.50. The number of ether oxygens (including phenoxy) is 1. The summed E-state index contributed by atoms with van der Waals surface area (Å²) in [6.07, 6.45) is 2.02. The van der Waals surface area contributed by atoms with Gasteiger partial charge in [-0.25, -0.2) is 15.4 Å². The number of fused-ring (bicyclic) bond motifs is 2. The van der Waals surface area contributed by atoms with Gasteiger partial charge in [0.25, 0.3) is 5.91 Å². The van der Waals surface area contributed by atoms with Crippen molar-refractivity contribution in [2.45, 2.75) is 24.9 Å². The number of rotatable bonds is 7. The van der Waals surface area contributed by atoms with Crippen LogP contribution in [0.15, 0.2) is 48.8 Å². The van der Waals surface area contributed by atoms with E-state index in [-0.39, 0.29) is 54.4 Å². The first-order chi connectivity index (χ1) is 20.7. The second-order valence-corrected chi connectivity index (χ2v) is 11.9. The smallest absolute Gasteiger partial charge is 0.319 e. The van der Waals surface area contributed by atoms with Crippen LogP contribution in [0.1, 0.15) is 12.8 Å². The fourth-order valence-electron chi connectivity index (χ4n) is 5.98. The summed E-state index contributed by atoms with van der Waals surface area (Å²) < 4.78 is 51.1. The molecule has 4 heterocycles. The zero-order valence-electron chi connectivity index (χ0n) is 23.5. The van der Waals surface area contributed by atoms with Crippen LogP contribution in [0.2, 0.25) is 0 Å². The van der Waals surface area contributed by atoms with Crippen molar-refractivity contribution in [1.82, 2.24) is 19.8 Å². The Hall–Kier alpha value is -4.21. The lowest BCUT2D eigenvalue weighted by Gasteiger charge is -2.39. The van der Waals surface area contributed by atoms with Gasteiger partial charge in [0, 0.05) is 46.9 Å². The molecule has 2 atom stereocenters. The average molecular weight is 607 g/mol. The lowest BCUT2D eigenvalue weighted by molar-refractivity contribution is -0.131. The topological polar surface area (TPSA) is 66.2 Å². The van der Waals surface area contributed by atoms with E-state index in [1.165, 1.54) is 11.0 Å². The van der Waals surface area contributed by atoms with Gasteiger partial charge in [-0.3, -0.25) is 4.79 Å². The minimum atomic E-state index is -1.08. The van der Waals surface area contributed by atoms with E-state index >= 15 is 4.39 Å². The molecule has 2 aliphatic heterocycles. The number of likely N-dealkylation sites (tertiary alicyclic amines) is 1. The van der Waals surface area contributed by atoms with Crippen LogP contribution < -0.4 is 9.64 Å². The van der Waals surface area contributed by atoms with Crippen molar-refractivity contribution in [3.63, 3.8) is 0 Å². The Morgan fingerprint density at radius 2 is 2.00 bits per heavy atom. The Bertz CT molecular complexity index is 1770. The van der Waals surface area contributed by atoms with E-state index < -0.39 is 23.6 Å². The lowest BCUT2D eigenvalue weighted by Crippen LogP contribution is -2.56. The molecular weight excluding hydrogens is 577 g/mol. The molecule has 0 bridgehead atoms. The number of halogens is 3. The van der Waals surface area contributed by atoms with Gasteiger partial charge in [-0.1, -0.05) is 30.8 Å². The molecule has 6 rings (SSSR count). The normalized spacial score (nSPS) is 19.2. The number of hydrogen-bond donors (Lipinski definition) is 0. The number of anilines is 1. The first-order valence-corrected chi connectivity index (χ1v) is 14.8.